The van der Waals surface area contributed by atoms with Gasteiger partial charge in [-0.2, -0.15) is 0 Å². The number of benzene rings is 1. The molecule has 1 aromatic carbocycles. The molecule has 0 radical (unpaired) electrons. The second kappa shape index (κ2) is 6.26. The summed E-state index contributed by atoms with van der Waals surface area (Å²) in [6.45, 7) is 1.72. The highest BCUT2D eigenvalue weighted by atomic mass is 32.2. The first-order chi connectivity index (χ1) is 10.6. The molecule has 7 heteroatoms. The minimum atomic E-state index is -3.23. The molecule has 1 amide bonds. The first kappa shape index (κ1) is 15.3. The lowest BCUT2D eigenvalue weighted by atomic mass is 10.1. The van der Waals surface area contributed by atoms with Gasteiger partial charge in [-0.3, -0.25) is 9.10 Å². The van der Waals surface area contributed by atoms with Crippen LogP contribution in [0.15, 0.2) is 24.3 Å². The molecule has 0 aliphatic carbocycles. The lowest BCUT2D eigenvalue weighted by Gasteiger charge is -2.17. The fourth-order valence-corrected chi connectivity index (χ4v) is 4.40. The number of carbonyl (C=O) groups excluding carboxylic acids is 1. The van der Waals surface area contributed by atoms with Gasteiger partial charge in [-0.1, -0.05) is 6.07 Å². The lowest BCUT2D eigenvalue weighted by molar-refractivity contribution is 0.0858. The van der Waals surface area contributed by atoms with E-state index in [0.29, 0.717) is 30.8 Å². The molecule has 0 unspecified atom stereocenters. The van der Waals surface area contributed by atoms with Gasteiger partial charge in [0.1, 0.15) is 0 Å². The number of ether oxygens (including phenoxy) is 1. The molecule has 2 saturated heterocycles. The molecule has 6 nitrogen and oxygen atoms in total. The summed E-state index contributed by atoms with van der Waals surface area (Å²) < 4.78 is 30.8. The van der Waals surface area contributed by atoms with Gasteiger partial charge in [0.05, 0.1) is 17.5 Å². The molecular weight excluding hydrogens is 304 g/mol. The Bertz CT molecular complexity index is 653. The van der Waals surface area contributed by atoms with Gasteiger partial charge in [0.2, 0.25) is 10.0 Å². The minimum Gasteiger partial charge on any atom is -0.376 e. The van der Waals surface area contributed by atoms with E-state index in [4.69, 9.17) is 4.74 Å². The lowest BCUT2D eigenvalue weighted by Crippen LogP contribution is -2.32. The average Bonchev–Trinajstić information content (AvgIpc) is 3.13. The van der Waals surface area contributed by atoms with Gasteiger partial charge in [-0.25, -0.2) is 8.42 Å². The van der Waals surface area contributed by atoms with Crippen LogP contribution in [-0.2, 0) is 14.8 Å². The zero-order valence-electron chi connectivity index (χ0n) is 12.3. The van der Waals surface area contributed by atoms with Crippen molar-refractivity contribution in [1.82, 2.24) is 5.32 Å². The van der Waals surface area contributed by atoms with Crippen LogP contribution in [0.1, 0.15) is 29.6 Å². The summed E-state index contributed by atoms with van der Waals surface area (Å²) in [7, 11) is -3.23. The highest BCUT2D eigenvalue weighted by molar-refractivity contribution is 7.93. The summed E-state index contributed by atoms with van der Waals surface area (Å²) >= 11 is 0. The topological polar surface area (TPSA) is 75.7 Å². The van der Waals surface area contributed by atoms with E-state index in [-0.39, 0.29) is 17.8 Å². The normalized spacial score (nSPS) is 23.6. The summed E-state index contributed by atoms with van der Waals surface area (Å²) in [5.41, 5.74) is 1.03. The summed E-state index contributed by atoms with van der Waals surface area (Å²) in [5.74, 6) is -0.0310. The van der Waals surface area contributed by atoms with Crippen LogP contribution in [0.2, 0.25) is 0 Å². The molecule has 0 saturated carbocycles. The number of carbonyl (C=O) groups is 1. The second-order valence-electron chi connectivity index (χ2n) is 5.64. The first-order valence-electron chi connectivity index (χ1n) is 7.56. The molecule has 120 valence electrons. The molecule has 0 bridgehead atoms. The van der Waals surface area contributed by atoms with Crippen LogP contribution in [0.25, 0.3) is 0 Å². The molecular formula is C15H20N2O4S. The number of nitrogens with one attached hydrogen (secondary N) is 1. The molecule has 1 N–H and O–H groups in total. The number of anilines is 1. The number of hydrogen-bond donors (Lipinski definition) is 1. The predicted molar refractivity (Wildman–Crippen MR) is 83.5 cm³/mol. The molecule has 22 heavy (non-hydrogen) atoms. The molecule has 2 heterocycles. The third-order valence-corrected chi connectivity index (χ3v) is 5.88. The Morgan fingerprint density at radius 3 is 2.91 bits per heavy atom. The zero-order chi connectivity index (χ0) is 15.6. The van der Waals surface area contributed by atoms with E-state index >= 15 is 0 Å². The highest BCUT2D eigenvalue weighted by Gasteiger charge is 2.28. The van der Waals surface area contributed by atoms with Crippen LogP contribution in [0.4, 0.5) is 5.69 Å². The van der Waals surface area contributed by atoms with Crippen molar-refractivity contribution in [1.29, 1.82) is 0 Å². The maximum absolute atomic E-state index is 12.2. The standard InChI is InChI=1S/C15H20N2O4S/c18-15(16-11-14-6-2-8-21-14)12-4-1-5-13(10-12)17-7-3-9-22(17,19)20/h1,4-5,10,14H,2-3,6-9,11H2,(H,16,18)/t14-/m0/s1. The van der Waals surface area contributed by atoms with Gasteiger partial charge >= 0.3 is 0 Å². The van der Waals surface area contributed by atoms with Crippen LogP contribution in [-0.4, -0.2) is 45.9 Å². The maximum Gasteiger partial charge on any atom is 0.251 e. The number of hydrogen-bond acceptors (Lipinski definition) is 4. The maximum atomic E-state index is 12.2. The SMILES string of the molecule is O=C(NC[C@@H]1CCCO1)c1cccc(N2CCCS2(=O)=O)c1. The fraction of sp³-hybridized carbons (Fsp3) is 0.533. The van der Waals surface area contributed by atoms with Crippen molar-refractivity contribution in [3.05, 3.63) is 29.8 Å². The van der Waals surface area contributed by atoms with Crippen LogP contribution in [0.3, 0.4) is 0 Å². The fourth-order valence-electron chi connectivity index (χ4n) is 2.85. The summed E-state index contributed by atoms with van der Waals surface area (Å²) in [6.07, 6.45) is 2.71. The van der Waals surface area contributed by atoms with Gasteiger partial charge < -0.3 is 10.1 Å². The van der Waals surface area contributed by atoms with E-state index in [2.05, 4.69) is 5.32 Å². The van der Waals surface area contributed by atoms with Crippen molar-refractivity contribution in [2.24, 2.45) is 0 Å². The number of rotatable bonds is 4. The van der Waals surface area contributed by atoms with Crippen LogP contribution in [0.5, 0.6) is 0 Å². The summed E-state index contributed by atoms with van der Waals surface area (Å²) in [6, 6.07) is 6.76. The van der Waals surface area contributed by atoms with Crippen molar-refractivity contribution in [2.45, 2.75) is 25.4 Å². The van der Waals surface area contributed by atoms with E-state index < -0.39 is 10.0 Å². The molecule has 1 atom stereocenters. The molecule has 3 rings (SSSR count). The molecule has 2 aliphatic heterocycles. The van der Waals surface area contributed by atoms with Crippen LogP contribution in [0, 0.1) is 0 Å². The van der Waals surface area contributed by atoms with E-state index in [9.17, 15) is 13.2 Å². The van der Waals surface area contributed by atoms with Crippen molar-refractivity contribution < 1.29 is 17.9 Å². The first-order valence-corrected chi connectivity index (χ1v) is 9.17. The van der Waals surface area contributed by atoms with Gasteiger partial charge in [0.15, 0.2) is 0 Å². The zero-order valence-corrected chi connectivity index (χ0v) is 13.1. The minimum absolute atomic E-state index is 0.0890. The third kappa shape index (κ3) is 3.25. The highest BCUT2D eigenvalue weighted by Crippen LogP contribution is 2.24. The Morgan fingerprint density at radius 1 is 1.36 bits per heavy atom. The van der Waals surface area contributed by atoms with Gasteiger partial charge in [0, 0.05) is 25.3 Å². The number of nitrogens with zero attached hydrogens (tertiary/aromatic N) is 1. The Morgan fingerprint density at radius 2 is 2.23 bits per heavy atom. The van der Waals surface area contributed by atoms with Gasteiger partial charge in [-0.05, 0) is 37.5 Å². The number of amides is 1. The monoisotopic (exact) mass is 324 g/mol. The molecule has 0 aromatic heterocycles. The Balaban J connectivity index is 1.69. The molecule has 0 spiro atoms. The smallest absolute Gasteiger partial charge is 0.251 e. The Hall–Kier alpha value is -1.60. The van der Waals surface area contributed by atoms with Crippen LogP contribution >= 0.6 is 0 Å². The van der Waals surface area contributed by atoms with Crippen molar-refractivity contribution in [3.8, 4) is 0 Å². The van der Waals surface area contributed by atoms with E-state index in [1.165, 1.54) is 4.31 Å². The second-order valence-corrected chi connectivity index (χ2v) is 7.65. The average molecular weight is 324 g/mol. The molecule has 1 aromatic rings. The van der Waals surface area contributed by atoms with Crippen molar-refractivity contribution >= 4 is 21.6 Å². The van der Waals surface area contributed by atoms with E-state index in [0.717, 1.165) is 19.4 Å². The number of sulfonamides is 1. The van der Waals surface area contributed by atoms with Crippen molar-refractivity contribution in [2.75, 3.05) is 29.8 Å². The molecule has 2 fully saturated rings. The Kier molecular flexibility index (Phi) is 4.35. The van der Waals surface area contributed by atoms with E-state index in [1.54, 1.807) is 24.3 Å². The van der Waals surface area contributed by atoms with Crippen molar-refractivity contribution in [3.63, 3.8) is 0 Å². The quantitative estimate of drug-likeness (QED) is 0.901. The molecule has 2 aliphatic rings. The summed E-state index contributed by atoms with van der Waals surface area (Å²) in [5, 5.41) is 2.85. The third-order valence-electron chi connectivity index (χ3n) is 4.01. The summed E-state index contributed by atoms with van der Waals surface area (Å²) in [4.78, 5) is 12.2. The van der Waals surface area contributed by atoms with Crippen LogP contribution < -0.4 is 9.62 Å². The Labute approximate surface area is 130 Å². The predicted octanol–water partition coefficient (Wildman–Crippen LogP) is 1.14. The largest absolute Gasteiger partial charge is 0.376 e. The van der Waals surface area contributed by atoms with Gasteiger partial charge in [0.25, 0.3) is 5.91 Å². The van der Waals surface area contributed by atoms with E-state index in [1.807, 2.05) is 0 Å². The van der Waals surface area contributed by atoms with Gasteiger partial charge in [-0.15, -0.1) is 0 Å².